The Hall–Kier alpha value is -3.81. The summed E-state index contributed by atoms with van der Waals surface area (Å²) in [5, 5.41) is 3.27. The number of ether oxygens (including phenoxy) is 1. The zero-order valence-corrected chi connectivity index (χ0v) is 22.4. The Morgan fingerprint density at radius 3 is 2.67 bits per heavy atom. The lowest BCUT2D eigenvalue weighted by Crippen LogP contribution is -2.40. The van der Waals surface area contributed by atoms with E-state index in [-0.39, 0.29) is 23.8 Å². The molecule has 3 heterocycles. The summed E-state index contributed by atoms with van der Waals surface area (Å²) in [4.78, 5) is 49.8. The number of H-pyrrole nitrogens is 1. The monoisotopic (exact) mass is 528 g/mol. The van der Waals surface area contributed by atoms with E-state index in [1.165, 1.54) is 0 Å². The number of nitrogens with one attached hydrogen (secondary N) is 2. The highest BCUT2D eigenvalue weighted by molar-refractivity contribution is 5.94. The molecule has 1 saturated carbocycles. The van der Waals surface area contributed by atoms with E-state index in [2.05, 4.69) is 20.3 Å². The van der Waals surface area contributed by atoms with Crippen LogP contribution in [-0.4, -0.2) is 32.6 Å². The fourth-order valence-corrected chi connectivity index (χ4v) is 5.81. The van der Waals surface area contributed by atoms with Crippen LogP contribution < -0.4 is 5.32 Å². The second-order valence-corrected chi connectivity index (χ2v) is 10.7. The number of carbonyl (C=O) groups excluding carboxylic acids is 3. The molecule has 0 radical (unpaired) electrons. The van der Waals surface area contributed by atoms with Crippen molar-refractivity contribution in [3.8, 4) is 11.3 Å². The van der Waals surface area contributed by atoms with Gasteiger partial charge in [-0.15, -0.1) is 0 Å². The number of unbranched alkanes of at least 4 members (excludes halogenated alkanes) is 2. The normalized spacial score (nSPS) is 20.8. The number of ketones is 1. The zero-order chi connectivity index (χ0) is 27.2. The van der Waals surface area contributed by atoms with Crippen molar-refractivity contribution in [2.24, 2.45) is 5.92 Å². The number of nitrogens with zero attached hydrogens (tertiary/aromatic N) is 2. The smallest absolute Gasteiger partial charge is 0.339 e. The Bertz CT molecular complexity index is 1310. The number of imidazole rings is 1. The van der Waals surface area contributed by atoms with Crippen LogP contribution >= 0.6 is 0 Å². The summed E-state index contributed by atoms with van der Waals surface area (Å²) in [5.74, 6) is 0.569. The first-order valence-corrected chi connectivity index (χ1v) is 14.1. The molecule has 1 atom stereocenters. The number of rotatable bonds is 11. The van der Waals surface area contributed by atoms with Gasteiger partial charge in [-0.05, 0) is 50.2 Å². The van der Waals surface area contributed by atoms with E-state index in [4.69, 9.17) is 4.74 Å². The van der Waals surface area contributed by atoms with Crippen molar-refractivity contribution in [3.63, 3.8) is 0 Å². The van der Waals surface area contributed by atoms with Crippen molar-refractivity contribution in [3.05, 3.63) is 71.9 Å². The number of esters is 1. The van der Waals surface area contributed by atoms with Gasteiger partial charge in [-0.3, -0.25) is 14.6 Å². The average Bonchev–Trinajstić information content (AvgIpc) is 3.56. The number of Topliss-reactive ketones (excluding diaryl/α,β-unsaturated/α-hetero) is 1. The van der Waals surface area contributed by atoms with Crippen LogP contribution in [0.5, 0.6) is 0 Å². The van der Waals surface area contributed by atoms with Gasteiger partial charge >= 0.3 is 5.97 Å². The van der Waals surface area contributed by atoms with E-state index in [1.54, 1.807) is 18.5 Å². The average molecular weight is 529 g/mol. The minimum atomic E-state index is -0.668. The first-order valence-electron chi connectivity index (χ1n) is 14.1. The zero-order valence-electron chi connectivity index (χ0n) is 22.4. The van der Waals surface area contributed by atoms with Gasteiger partial charge in [0.1, 0.15) is 17.2 Å². The second-order valence-electron chi connectivity index (χ2n) is 10.7. The van der Waals surface area contributed by atoms with Gasteiger partial charge in [-0.1, -0.05) is 50.1 Å². The lowest BCUT2D eigenvalue weighted by molar-refractivity contribution is -0.129. The number of pyridine rings is 1. The first kappa shape index (κ1) is 26.8. The largest absolute Gasteiger partial charge is 0.450 e. The molecule has 0 unspecified atom stereocenters. The van der Waals surface area contributed by atoms with E-state index in [1.807, 2.05) is 43.5 Å². The van der Waals surface area contributed by atoms with Crippen molar-refractivity contribution in [1.82, 2.24) is 20.3 Å². The molecule has 1 aromatic carbocycles. The van der Waals surface area contributed by atoms with Gasteiger partial charge in [-0.25, -0.2) is 9.78 Å². The number of aromatic amines is 1. The summed E-state index contributed by atoms with van der Waals surface area (Å²) in [7, 11) is 0. The van der Waals surface area contributed by atoms with E-state index in [9.17, 15) is 14.4 Å². The second kappa shape index (κ2) is 11.9. The van der Waals surface area contributed by atoms with Gasteiger partial charge in [0, 0.05) is 36.7 Å². The highest BCUT2D eigenvalue weighted by atomic mass is 16.6. The molecule has 2 N–H and O–H groups in total. The third-order valence-corrected chi connectivity index (χ3v) is 8.15. The molecular formula is C31H36N4O4. The van der Waals surface area contributed by atoms with Crippen LogP contribution in [0.15, 0.2) is 55.0 Å². The molecule has 2 aromatic heterocycles. The highest BCUT2D eigenvalue weighted by Crippen LogP contribution is 2.47. The van der Waals surface area contributed by atoms with Crippen LogP contribution in [0.2, 0.25) is 0 Å². The van der Waals surface area contributed by atoms with Gasteiger partial charge in [0.2, 0.25) is 5.91 Å². The molecule has 8 nitrogen and oxygen atoms in total. The van der Waals surface area contributed by atoms with E-state index >= 15 is 0 Å². The van der Waals surface area contributed by atoms with Gasteiger partial charge in [0.25, 0.3) is 0 Å². The Morgan fingerprint density at radius 1 is 1.10 bits per heavy atom. The van der Waals surface area contributed by atoms with Crippen LogP contribution in [0.1, 0.15) is 98.9 Å². The molecule has 1 aliphatic carbocycles. The number of amides is 1. The summed E-state index contributed by atoms with van der Waals surface area (Å²) in [6.45, 7) is 1.90. The van der Waals surface area contributed by atoms with Crippen LogP contribution in [0, 0.1) is 5.92 Å². The van der Waals surface area contributed by atoms with Gasteiger partial charge in [0.05, 0.1) is 23.5 Å². The number of fused-ring (bicyclic) bond motifs is 2. The molecule has 39 heavy (non-hydrogen) atoms. The predicted molar refractivity (Wildman–Crippen MR) is 147 cm³/mol. The van der Waals surface area contributed by atoms with Crippen molar-refractivity contribution in [1.29, 1.82) is 0 Å². The quantitative estimate of drug-likeness (QED) is 0.240. The van der Waals surface area contributed by atoms with Gasteiger partial charge in [-0.2, -0.15) is 0 Å². The lowest BCUT2D eigenvalue weighted by atomic mass is 9.75. The Labute approximate surface area is 229 Å². The molecule has 2 aliphatic rings. The predicted octanol–water partition coefficient (Wildman–Crippen LogP) is 5.81. The van der Waals surface area contributed by atoms with E-state index in [0.717, 1.165) is 48.3 Å². The molecule has 5 rings (SSSR count). The van der Waals surface area contributed by atoms with Crippen LogP contribution in [-0.2, 0) is 19.9 Å². The Morgan fingerprint density at radius 2 is 1.90 bits per heavy atom. The van der Waals surface area contributed by atoms with Crippen molar-refractivity contribution >= 4 is 17.7 Å². The highest BCUT2D eigenvalue weighted by Gasteiger charge is 2.48. The molecule has 0 saturated heterocycles. The number of benzene rings is 1. The van der Waals surface area contributed by atoms with Crippen LogP contribution in [0.25, 0.3) is 11.3 Å². The standard InChI is InChI=1S/C31H36N4O4/c1-2-23(36)11-7-4-8-12-26(28-33-20-27(34-28)21-9-5-3-6-10-21)35-29(37)22-13-16-31(17-14-22)25-19-32-18-15-24(25)30(38)39-31/h3,5-6,9-10,15,18-20,22,26H,2,4,7-8,11-14,16-17H2,1H3,(H,33,34)(H,35,37)/t22-,26-,31-/m0/s1. The molecule has 0 bridgehead atoms. The Kier molecular flexibility index (Phi) is 8.19. The fraction of sp³-hybridized carbons (Fsp3) is 0.452. The summed E-state index contributed by atoms with van der Waals surface area (Å²) < 4.78 is 5.83. The van der Waals surface area contributed by atoms with Crippen LogP contribution in [0.4, 0.5) is 0 Å². The maximum absolute atomic E-state index is 13.5. The summed E-state index contributed by atoms with van der Waals surface area (Å²) in [6.07, 6.45) is 12.2. The van der Waals surface area contributed by atoms with E-state index in [0.29, 0.717) is 49.9 Å². The summed E-state index contributed by atoms with van der Waals surface area (Å²) in [5.41, 5.74) is 2.71. The van der Waals surface area contributed by atoms with Gasteiger partial charge in [0.15, 0.2) is 0 Å². The Balaban J connectivity index is 1.24. The molecule has 3 aromatic rings. The molecule has 1 spiro atoms. The number of carbonyl (C=O) groups is 3. The maximum Gasteiger partial charge on any atom is 0.339 e. The molecule has 1 fully saturated rings. The number of hydrogen-bond donors (Lipinski definition) is 2. The minimum absolute atomic E-state index is 0.00408. The first-order chi connectivity index (χ1) is 19.0. The molecule has 8 heteroatoms. The lowest BCUT2D eigenvalue weighted by Gasteiger charge is -2.36. The maximum atomic E-state index is 13.5. The van der Waals surface area contributed by atoms with E-state index < -0.39 is 5.60 Å². The third-order valence-electron chi connectivity index (χ3n) is 8.15. The van der Waals surface area contributed by atoms with Gasteiger partial charge < -0.3 is 15.0 Å². The SMILES string of the molecule is CCC(=O)CCCCC[C@H](NC(=O)[C@H]1CC[C@@]2(CC1)OC(=O)c1ccncc12)c1ncc(-c2ccccc2)[nH]1. The van der Waals surface area contributed by atoms with Crippen molar-refractivity contribution in [2.45, 2.75) is 82.8 Å². The summed E-state index contributed by atoms with van der Waals surface area (Å²) >= 11 is 0. The van der Waals surface area contributed by atoms with Crippen LogP contribution in [0.3, 0.4) is 0 Å². The number of aromatic nitrogens is 3. The van der Waals surface area contributed by atoms with Crippen molar-refractivity contribution < 1.29 is 19.1 Å². The molecular weight excluding hydrogens is 492 g/mol. The molecule has 1 amide bonds. The summed E-state index contributed by atoms with van der Waals surface area (Å²) in [6, 6.07) is 11.5. The topological polar surface area (TPSA) is 114 Å². The number of hydrogen-bond acceptors (Lipinski definition) is 6. The fourth-order valence-electron chi connectivity index (χ4n) is 5.81. The molecule has 204 valence electrons. The molecule has 1 aliphatic heterocycles. The third kappa shape index (κ3) is 5.95. The minimum Gasteiger partial charge on any atom is -0.450 e. The van der Waals surface area contributed by atoms with Crippen molar-refractivity contribution in [2.75, 3.05) is 0 Å².